The largest absolute Gasteiger partial charge is 0.497 e. The van der Waals surface area contributed by atoms with E-state index in [0.717, 1.165) is 43.7 Å². The molecule has 1 heterocycles. The molecule has 31 heavy (non-hydrogen) atoms. The van der Waals surface area contributed by atoms with Crippen LogP contribution >= 0.6 is 0 Å². The van der Waals surface area contributed by atoms with Gasteiger partial charge in [-0.3, -0.25) is 4.79 Å². The fraction of sp³-hybridized carbons (Fsp3) is 0.519. The maximum absolute atomic E-state index is 12.5. The van der Waals surface area contributed by atoms with Crippen molar-refractivity contribution in [2.24, 2.45) is 5.92 Å². The Balaban J connectivity index is 1.80. The number of benzene rings is 2. The van der Waals surface area contributed by atoms with Crippen molar-refractivity contribution in [3.8, 4) is 5.75 Å². The maximum Gasteiger partial charge on any atom is 0.219 e. The summed E-state index contributed by atoms with van der Waals surface area (Å²) in [5.74, 6) is 1.43. The van der Waals surface area contributed by atoms with E-state index in [-0.39, 0.29) is 17.4 Å². The number of hydrogen-bond donors (Lipinski definition) is 0. The van der Waals surface area contributed by atoms with Crippen LogP contribution in [0.5, 0.6) is 5.75 Å². The Morgan fingerprint density at radius 2 is 1.84 bits per heavy atom. The highest BCUT2D eigenvalue weighted by Gasteiger charge is 2.39. The number of amides is 1. The van der Waals surface area contributed by atoms with E-state index < -0.39 is 0 Å². The Labute approximate surface area is 187 Å². The summed E-state index contributed by atoms with van der Waals surface area (Å²) in [6, 6.07) is 16.9. The molecule has 4 heteroatoms. The van der Waals surface area contributed by atoms with Crippen LogP contribution in [-0.4, -0.2) is 37.2 Å². The van der Waals surface area contributed by atoms with E-state index >= 15 is 0 Å². The summed E-state index contributed by atoms with van der Waals surface area (Å²) in [6.45, 7) is 10.4. The number of ether oxygens (including phenoxy) is 2. The van der Waals surface area contributed by atoms with Crippen LogP contribution in [0.3, 0.4) is 0 Å². The quantitative estimate of drug-likeness (QED) is 0.561. The van der Waals surface area contributed by atoms with E-state index in [1.807, 2.05) is 29.2 Å². The summed E-state index contributed by atoms with van der Waals surface area (Å²) in [5, 5.41) is 0. The third-order valence-electron chi connectivity index (χ3n) is 6.75. The molecule has 0 bridgehead atoms. The van der Waals surface area contributed by atoms with E-state index in [2.05, 4.69) is 45.0 Å². The highest BCUT2D eigenvalue weighted by Crippen LogP contribution is 2.42. The fourth-order valence-electron chi connectivity index (χ4n) is 4.57. The van der Waals surface area contributed by atoms with Crippen LogP contribution in [0.4, 0.5) is 0 Å². The lowest BCUT2D eigenvalue weighted by molar-refractivity contribution is -0.130. The third kappa shape index (κ3) is 5.88. The zero-order valence-electron chi connectivity index (χ0n) is 19.7. The molecular weight excluding hydrogens is 386 g/mol. The van der Waals surface area contributed by atoms with Crippen LogP contribution in [0.1, 0.15) is 56.7 Å². The van der Waals surface area contributed by atoms with Gasteiger partial charge in [-0.2, -0.15) is 0 Å². The minimum absolute atomic E-state index is 0.0362. The number of hydrogen-bond acceptors (Lipinski definition) is 3. The first-order valence-corrected chi connectivity index (χ1v) is 11.4. The molecule has 0 radical (unpaired) electrons. The monoisotopic (exact) mass is 423 g/mol. The zero-order valence-corrected chi connectivity index (χ0v) is 19.7. The summed E-state index contributed by atoms with van der Waals surface area (Å²) in [7, 11) is 1.67. The number of methoxy groups -OCH3 is 1. The molecular formula is C27H37NO3. The second kappa shape index (κ2) is 10.3. The third-order valence-corrected chi connectivity index (χ3v) is 6.75. The average molecular weight is 424 g/mol. The van der Waals surface area contributed by atoms with Gasteiger partial charge in [-0.1, -0.05) is 55.8 Å². The van der Waals surface area contributed by atoms with Crippen molar-refractivity contribution in [3.05, 3.63) is 65.2 Å². The van der Waals surface area contributed by atoms with Gasteiger partial charge in [0, 0.05) is 32.0 Å². The summed E-state index contributed by atoms with van der Waals surface area (Å²) < 4.78 is 11.4. The molecule has 3 rings (SSSR count). The second-order valence-corrected chi connectivity index (χ2v) is 9.29. The summed E-state index contributed by atoms with van der Waals surface area (Å²) in [6.07, 6.45) is 3.19. The predicted octanol–water partition coefficient (Wildman–Crippen LogP) is 5.52. The smallest absolute Gasteiger partial charge is 0.219 e. The van der Waals surface area contributed by atoms with E-state index in [9.17, 15) is 4.79 Å². The Kier molecular flexibility index (Phi) is 7.77. The first kappa shape index (κ1) is 23.3. The predicted molar refractivity (Wildman–Crippen MR) is 125 cm³/mol. The van der Waals surface area contributed by atoms with Gasteiger partial charge in [0.2, 0.25) is 5.91 Å². The van der Waals surface area contributed by atoms with Gasteiger partial charge in [0.1, 0.15) is 5.75 Å². The maximum atomic E-state index is 12.5. The van der Waals surface area contributed by atoms with Gasteiger partial charge >= 0.3 is 0 Å². The molecule has 4 nitrogen and oxygen atoms in total. The van der Waals surface area contributed by atoms with Gasteiger partial charge in [-0.05, 0) is 55.4 Å². The number of carbonyl (C=O) groups is 1. The summed E-state index contributed by atoms with van der Waals surface area (Å²) >= 11 is 0. The number of rotatable bonds is 8. The summed E-state index contributed by atoms with van der Waals surface area (Å²) in [4.78, 5) is 14.4. The molecule has 2 aromatic carbocycles. The minimum atomic E-state index is 0.0362. The van der Waals surface area contributed by atoms with Gasteiger partial charge in [0.25, 0.3) is 0 Å². The van der Waals surface area contributed by atoms with Crippen molar-refractivity contribution in [2.45, 2.75) is 65.0 Å². The second-order valence-electron chi connectivity index (χ2n) is 9.29. The van der Waals surface area contributed by atoms with Crippen LogP contribution in [0.15, 0.2) is 48.5 Å². The Morgan fingerprint density at radius 1 is 1.16 bits per heavy atom. The molecule has 0 spiro atoms. The minimum Gasteiger partial charge on any atom is -0.497 e. The Morgan fingerprint density at radius 3 is 2.42 bits per heavy atom. The van der Waals surface area contributed by atoms with Crippen LogP contribution < -0.4 is 4.74 Å². The molecule has 2 aromatic rings. The van der Waals surface area contributed by atoms with Gasteiger partial charge in [0.15, 0.2) is 0 Å². The van der Waals surface area contributed by atoms with E-state index in [4.69, 9.17) is 9.47 Å². The van der Waals surface area contributed by atoms with Gasteiger partial charge < -0.3 is 14.4 Å². The SMILES string of the molecule is COc1ccc(CN(CC[C@]2(c3ccc(C)cc3)CCO[C@H](C(C)C)C2)C(C)=O)cc1. The van der Waals surface area contributed by atoms with E-state index in [1.54, 1.807) is 14.0 Å². The van der Waals surface area contributed by atoms with Crippen LogP contribution in [0, 0.1) is 12.8 Å². The first-order valence-electron chi connectivity index (χ1n) is 11.4. The van der Waals surface area contributed by atoms with Crippen LogP contribution in [0.2, 0.25) is 0 Å². The lowest BCUT2D eigenvalue weighted by Gasteiger charge is -2.44. The van der Waals surface area contributed by atoms with Crippen molar-refractivity contribution in [1.82, 2.24) is 4.90 Å². The van der Waals surface area contributed by atoms with Crippen LogP contribution in [0.25, 0.3) is 0 Å². The normalized spacial score (nSPS) is 21.2. The highest BCUT2D eigenvalue weighted by atomic mass is 16.5. The molecule has 0 aromatic heterocycles. The van der Waals surface area contributed by atoms with Crippen molar-refractivity contribution < 1.29 is 14.3 Å². The van der Waals surface area contributed by atoms with Crippen molar-refractivity contribution in [3.63, 3.8) is 0 Å². The number of aryl methyl sites for hydroxylation is 1. The van der Waals surface area contributed by atoms with Crippen molar-refractivity contribution in [2.75, 3.05) is 20.3 Å². The molecule has 1 fully saturated rings. The molecule has 1 aliphatic rings. The van der Waals surface area contributed by atoms with Gasteiger partial charge in [-0.25, -0.2) is 0 Å². The Hall–Kier alpha value is -2.33. The molecule has 0 unspecified atom stereocenters. The van der Waals surface area contributed by atoms with E-state index in [0.29, 0.717) is 12.5 Å². The lowest BCUT2D eigenvalue weighted by Crippen LogP contribution is -2.43. The first-order chi connectivity index (χ1) is 14.8. The lowest BCUT2D eigenvalue weighted by atomic mass is 9.68. The molecule has 0 aliphatic carbocycles. The highest BCUT2D eigenvalue weighted by molar-refractivity contribution is 5.73. The van der Waals surface area contributed by atoms with Crippen LogP contribution in [-0.2, 0) is 21.5 Å². The topological polar surface area (TPSA) is 38.8 Å². The molecule has 168 valence electrons. The van der Waals surface area contributed by atoms with Crippen molar-refractivity contribution >= 4 is 5.91 Å². The van der Waals surface area contributed by atoms with Gasteiger partial charge in [-0.15, -0.1) is 0 Å². The zero-order chi connectivity index (χ0) is 22.4. The molecule has 2 atom stereocenters. The standard InChI is InChI=1S/C27H37NO3/c1-20(2)26-18-27(15-17-31-26,24-10-6-21(3)7-11-24)14-16-28(22(4)29)19-23-8-12-25(30-5)13-9-23/h6-13,20,26H,14-19H2,1-5H3/t26-,27-/m0/s1. The summed E-state index contributed by atoms with van der Waals surface area (Å²) in [5.41, 5.74) is 3.80. The molecule has 0 N–H and O–H groups in total. The molecule has 1 aliphatic heterocycles. The fourth-order valence-corrected chi connectivity index (χ4v) is 4.57. The number of carbonyl (C=O) groups excluding carboxylic acids is 1. The Bertz CT molecular complexity index is 844. The number of nitrogens with zero attached hydrogens (tertiary/aromatic N) is 1. The average Bonchev–Trinajstić information content (AvgIpc) is 2.77. The molecule has 0 saturated carbocycles. The van der Waals surface area contributed by atoms with E-state index in [1.165, 1.54) is 11.1 Å². The molecule has 1 amide bonds. The van der Waals surface area contributed by atoms with Gasteiger partial charge in [0.05, 0.1) is 13.2 Å². The molecule has 1 saturated heterocycles. The van der Waals surface area contributed by atoms with Crippen molar-refractivity contribution in [1.29, 1.82) is 0 Å².